The number of ether oxygens (including phenoxy) is 2. The first-order chi connectivity index (χ1) is 10.1. The van der Waals surface area contributed by atoms with Crippen molar-refractivity contribution in [2.24, 2.45) is 0 Å². The Hall–Kier alpha value is -2.47. The lowest BCUT2D eigenvalue weighted by Crippen LogP contribution is -2.12. The monoisotopic (exact) mass is 293 g/mol. The van der Waals surface area contributed by atoms with Crippen LogP contribution >= 0.6 is 0 Å². The number of carbonyl (C=O) groups is 1. The highest BCUT2D eigenvalue weighted by Gasteiger charge is 2.15. The number of esters is 1. The Bertz CT molecular complexity index is 632. The highest BCUT2D eigenvalue weighted by molar-refractivity contribution is 5.95. The minimum atomic E-state index is -1.17. The molecule has 0 bridgehead atoms. The fourth-order valence-corrected chi connectivity index (χ4v) is 1.65. The minimum Gasteiger partial charge on any atom is -0.435 e. The van der Waals surface area contributed by atoms with Crippen molar-refractivity contribution in [1.29, 1.82) is 0 Å². The normalized spacial score (nSPS) is 10.4. The lowest BCUT2D eigenvalue weighted by Gasteiger charge is -2.08. The van der Waals surface area contributed by atoms with E-state index >= 15 is 0 Å². The van der Waals surface area contributed by atoms with Crippen molar-refractivity contribution in [3.8, 4) is 0 Å². The maximum Gasteiger partial charge on any atom is 0.342 e. The lowest BCUT2D eigenvalue weighted by atomic mass is 10.2. The molecule has 0 saturated heterocycles. The van der Waals surface area contributed by atoms with Crippen molar-refractivity contribution in [3.05, 3.63) is 65.2 Å². The van der Waals surface area contributed by atoms with Crippen molar-refractivity contribution in [2.75, 3.05) is 12.5 Å². The zero-order valence-electron chi connectivity index (χ0n) is 11.0. The highest BCUT2D eigenvalue weighted by atomic mass is 19.2. The topological polar surface area (TPSA) is 61.6 Å². The van der Waals surface area contributed by atoms with E-state index in [2.05, 4.69) is 0 Å². The average molecular weight is 293 g/mol. The SMILES string of the molecule is Nc1cc(F)c(F)cc1C(=O)OCOCc1ccccc1. The Labute approximate surface area is 120 Å². The molecule has 0 saturated carbocycles. The first-order valence-corrected chi connectivity index (χ1v) is 6.11. The zero-order chi connectivity index (χ0) is 15.2. The fraction of sp³-hybridized carbons (Fsp3) is 0.133. The fourth-order valence-electron chi connectivity index (χ4n) is 1.65. The molecule has 2 N–H and O–H groups in total. The number of hydrogen-bond acceptors (Lipinski definition) is 4. The van der Waals surface area contributed by atoms with E-state index in [1.54, 1.807) is 0 Å². The molecule has 6 heteroatoms. The largest absolute Gasteiger partial charge is 0.435 e. The summed E-state index contributed by atoms with van der Waals surface area (Å²) < 4.78 is 35.9. The van der Waals surface area contributed by atoms with Crippen LogP contribution in [0.1, 0.15) is 15.9 Å². The van der Waals surface area contributed by atoms with Crippen molar-refractivity contribution >= 4 is 11.7 Å². The summed E-state index contributed by atoms with van der Waals surface area (Å²) in [6.07, 6.45) is 0. The predicted octanol–water partition coefficient (Wildman–Crippen LogP) is 2.88. The summed E-state index contributed by atoms with van der Waals surface area (Å²) in [4.78, 5) is 11.7. The van der Waals surface area contributed by atoms with Crippen LogP contribution in [0.25, 0.3) is 0 Å². The number of benzene rings is 2. The van der Waals surface area contributed by atoms with E-state index in [1.165, 1.54) is 0 Å². The third kappa shape index (κ3) is 4.00. The van der Waals surface area contributed by atoms with Gasteiger partial charge < -0.3 is 15.2 Å². The van der Waals surface area contributed by atoms with Crippen LogP contribution in [0.5, 0.6) is 0 Å². The predicted molar refractivity (Wildman–Crippen MR) is 72.3 cm³/mol. The second-order valence-electron chi connectivity index (χ2n) is 4.24. The van der Waals surface area contributed by atoms with Crippen LogP contribution < -0.4 is 5.73 Å². The molecule has 0 aromatic heterocycles. The Morgan fingerprint density at radius 3 is 2.48 bits per heavy atom. The van der Waals surface area contributed by atoms with E-state index in [9.17, 15) is 13.6 Å². The molecule has 0 spiro atoms. The Morgan fingerprint density at radius 1 is 1.10 bits per heavy atom. The van der Waals surface area contributed by atoms with Gasteiger partial charge in [-0.3, -0.25) is 0 Å². The van der Waals surface area contributed by atoms with Gasteiger partial charge in [0.15, 0.2) is 18.4 Å². The number of anilines is 1. The number of nitrogens with two attached hydrogens (primary N) is 1. The van der Waals surface area contributed by atoms with Crippen molar-refractivity contribution in [2.45, 2.75) is 6.61 Å². The van der Waals surface area contributed by atoms with Gasteiger partial charge in [0.2, 0.25) is 0 Å². The van der Waals surface area contributed by atoms with E-state index in [-0.39, 0.29) is 24.7 Å². The van der Waals surface area contributed by atoms with Gasteiger partial charge in [0.25, 0.3) is 0 Å². The van der Waals surface area contributed by atoms with Crippen molar-refractivity contribution in [3.63, 3.8) is 0 Å². The summed E-state index contributed by atoms with van der Waals surface area (Å²) in [5, 5.41) is 0. The van der Waals surface area contributed by atoms with Gasteiger partial charge in [-0.1, -0.05) is 30.3 Å². The molecule has 2 aromatic rings. The first-order valence-electron chi connectivity index (χ1n) is 6.11. The molecule has 0 fully saturated rings. The molecule has 110 valence electrons. The quantitative estimate of drug-likeness (QED) is 0.398. The molecule has 0 aliphatic carbocycles. The van der Waals surface area contributed by atoms with E-state index < -0.39 is 17.6 Å². The second-order valence-corrected chi connectivity index (χ2v) is 4.24. The number of nitrogen functional groups attached to an aromatic ring is 1. The van der Waals surface area contributed by atoms with E-state index in [4.69, 9.17) is 15.2 Å². The molecule has 0 aliphatic heterocycles. The molecular weight excluding hydrogens is 280 g/mol. The van der Waals surface area contributed by atoms with Gasteiger partial charge in [-0.15, -0.1) is 0 Å². The average Bonchev–Trinajstić information content (AvgIpc) is 2.48. The maximum atomic E-state index is 13.1. The summed E-state index contributed by atoms with van der Waals surface area (Å²) in [7, 11) is 0. The summed E-state index contributed by atoms with van der Waals surface area (Å²) in [5.41, 5.74) is 5.92. The lowest BCUT2D eigenvalue weighted by molar-refractivity contribution is -0.0380. The summed E-state index contributed by atoms with van der Waals surface area (Å²) in [6, 6.07) is 10.7. The highest BCUT2D eigenvalue weighted by Crippen LogP contribution is 2.18. The summed E-state index contributed by atoms with van der Waals surface area (Å²) in [6.45, 7) is -0.0481. The number of hydrogen-bond donors (Lipinski definition) is 1. The molecule has 0 radical (unpaired) electrons. The van der Waals surface area contributed by atoms with Crippen LogP contribution in [-0.4, -0.2) is 12.8 Å². The Kier molecular flexibility index (Phi) is 4.84. The van der Waals surface area contributed by atoms with Gasteiger partial charge >= 0.3 is 5.97 Å². The van der Waals surface area contributed by atoms with Crippen LogP contribution in [-0.2, 0) is 16.1 Å². The molecule has 0 heterocycles. The van der Waals surface area contributed by atoms with Gasteiger partial charge in [0.05, 0.1) is 12.2 Å². The first kappa shape index (κ1) is 14.9. The van der Waals surface area contributed by atoms with E-state index in [0.29, 0.717) is 6.07 Å². The van der Waals surface area contributed by atoms with Crippen LogP contribution in [0.4, 0.5) is 14.5 Å². The third-order valence-corrected chi connectivity index (χ3v) is 2.70. The summed E-state index contributed by atoms with van der Waals surface area (Å²) >= 11 is 0. The molecule has 2 aromatic carbocycles. The number of halogens is 2. The van der Waals surface area contributed by atoms with Gasteiger partial charge in [-0.2, -0.15) is 0 Å². The molecule has 0 atom stereocenters. The molecule has 0 unspecified atom stereocenters. The molecular formula is C15H13F2NO3. The second kappa shape index (κ2) is 6.81. The molecule has 21 heavy (non-hydrogen) atoms. The zero-order valence-corrected chi connectivity index (χ0v) is 11.0. The summed E-state index contributed by atoms with van der Waals surface area (Å²) in [5.74, 6) is -3.16. The van der Waals surface area contributed by atoms with Gasteiger partial charge in [0.1, 0.15) is 0 Å². The van der Waals surface area contributed by atoms with Crippen LogP contribution in [0.2, 0.25) is 0 Å². The van der Waals surface area contributed by atoms with Crippen LogP contribution in [0.15, 0.2) is 42.5 Å². The van der Waals surface area contributed by atoms with Crippen LogP contribution in [0, 0.1) is 11.6 Å². The minimum absolute atomic E-state index is 0.193. The van der Waals surface area contributed by atoms with E-state index in [1.807, 2.05) is 30.3 Å². The molecule has 4 nitrogen and oxygen atoms in total. The smallest absolute Gasteiger partial charge is 0.342 e. The van der Waals surface area contributed by atoms with Crippen molar-refractivity contribution < 1.29 is 23.0 Å². The van der Waals surface area contributed by atoms with Gasteiger partial charge in [0, 0.05) is 11.8 Å². The standard InChI is InChI=1S/C15H13F2NO3/c16-12-6-11(14(18)7-13(12)17)15(19)21-9-20-8-10-4-2-1-3-5-10/h1-7H,8-9,18H2. The van der Waals surface area contributed by atoms with Gasteiger partial charge in [-0.25, -0.2) is 13.6 Å². The van der Waals surface area contributed by atoms with Crippen molar-refractivity contribution in [1.82, 2.24) is 0 Å². The van der Waals surface area contributed by atoms with Gasteiger partial charge in [-0.05, 0) is 11.6 Å². The van der Waals surface area contributed by atoms with Crippen LogP contribution in [0.3, 0.4) is 0 Å². The molecule has 0 amide bonds. The molecule has 2 rings (SSSR count). The van der Waals surface area contributed by atoms with E-state index in [0.717, 1.165) is 11.6 Å². The number of rotatable bonds is 5. The Morgan fingerprint density at radius 2 is 1.76 bits per heavy atom. The molecule has 0 aliphatic rings. The maximum absolute atomic E-state index is 13.1. The third-order valence-electron chi connectivity index (χ3n) is 2.70. The Balaban J connectivity index is 1.86. The number of carbonyl (C=O) groups excluding carboxylic acids is 1.